The molecule has 0 spiro atoms. The quantitative estimate of drug-likeness (QED) is 0.503. The van der Waals surface area contributed by atoms with Crippen LogP contribution in [0.15, 0.2) is 47.4 Å². The third kappa shape index (κ3) is 6.00. The lowest BCUT2D eigenvalue weighted by Gasteiger charge is -2.37. The van der Waals surface area contributed by atoms with Gasteiger partial charge in [0.1, 0.15) is 11.5 Å². The number of ether oxygens (including phenoxy) is 1. The van der Waals surface area contributed by atoms with Crippen molar-refractivity contribution in [3.8, 4) is 0 Å². The Bertz CT molecular complexity index is 1230. The summed E-state index contributed by atoms with van der Waals surface area (Å²) in [7, 11) is -3.92. The molecule has 3 heterocycles. The van der Waals surface area contributed by atoms with Crippen molar-refractivity contribution in [2.75, 3.05) is 39.4 Å². The van der Waals surface area contributed by atoms with Crippen molar-refractivity contribution in [2.24, 2.45) is 0 Å². The van der Waals surface area contributed by atoms with Gasteiger partial charge in [0.2, 0.25) is 15.9 Å². The molecule has 0 saturated carbocycles. The molecule has 7 nitrogen and oxygen atoms in total. The van der Waals surface area contributed by atoms with E-state index in [9.17, 15) is 13.2 Å². The number of carbonyl (C=O) groups excluding carboxylic acids is 1. The molecule has 2 fully saturated rings. The maximum atomic E-state index is 13.7. The largest absolute Gasteiger partial charge is 0.370 e. The van der Waals surface area contributed by atoms with E-state index in [1.807, 2.05) is 29.2 Å². The standard InChI is InChI=1S/C27H33Cl2N3O4S/c28-22-7-8-26(25(29)16-22)37(34,35)32-17-21-6-2-1-5-20(21)15-24(32)18-36-19-27(33)31-13-9-23(10-14-31)30-11-3-4-12-30/h1-2,5-8,16,23-24H,3-4,9-15,17-19H2. The van der Waals surface area contributed by atoms with Crippen LogP contribution in [0.1, 0.15) is 36.8 Å². The van der Waals surface area contributed by atoms with Crippen LogP contribution in [-0.4, -0.2) is 79.9 Å². The van der Waals surface area contributed by atoms with E-state index in [-0.39, 0.29) is 35.6 Å². The van der Waals surface area contributed by atoms with Crippen LogP contribution >= 0.6 is 23.2 Å². The Morgan fingerprint density at radius 3 is 2.38 bits per heavy atom. The lowest BCUT2D eigenvalue weighted by molar-refractivity contribution is -0.138. The summed E-state index contributed by atoms with van der Waals surface area (Å²) in [6, 6.07) is 12.3. The summed E-state index contributed by atoms with van der Waals surface area (Å²) in [6.45, 7) is 4.12. The second kappa shape index (κ2) is 11.6. The van der Waals surface area contributed by atoms with Crippen LogP contribution in [0.4, 0.5) is 0 Å². The number of carbonyl (C=O) groups is 1. The zero-order chi connectivity index (χ0) is 26.0. The Balaban J connectivity index is 1.23. The van der Waals surface area contributed by atoms with E-state index in [1.54, 1.807) is 0 Å². The Hall–Kier alpha value is -1.68. The highest BCUT2D eigenvalue weighted by Crippen LogP contribution is 2.33. The first kappa shape index (κ1) is 26.9. The molecule has 5 rings (SSSR count). The van der Waals surface area contributed by atoms with Gasteiger partial charge in [0.25, 0.3) is 0 Å². The maximum absolute atomic E-state index is 13.7. The van der Waals surface area contributed by atoms with Crippen LogP contribution < -0.4 is 0 Å². The van der Waals surface area contributed by atoms with Crippen molar-refractivity contribution in [1.29, 1.82) is 0 Å². The van der Waals surface area contributed by atoms with Crippen molar-refractivity contribution < 1.29 is 17.9 Å². The SMILES string of the molecule is O=C(COCC1Cc2ccccc2CN1S(=O)(=O)c1ccc(Cl)cc1Cl)N1CCC(N2CCCC2)CC1. The van der Waals surface area contributed by atoms with E-state index in [1.165, 1.54) is 48.4 Å². The number of hydrogen-bond acceptors (Lipinski definition) is 5. The van der Waals surface area contributed by atoms with Crippen molar-refractivity contribution in [3.05, 3.63) is 63.6 Å². The van der Waals surface area contributed by atoms with Gasteiger partial charge < -0.3 is 14.5 Å². The summed E-state index contributed by atoms with van der Waals surface area (Å²) in [5, 5.41) is 0.453. The van der Waals surface area contributed by atoms with Crippen LogP contribution in [0.3, 0.4) is 0 Å². The molecule has 3 aliphatic rings. The minimum absolute atomic E-state index is 0.0138. The molecule has 37 heavy (non-hydrogen) atoms. The van der Waals surface area contributed by atoms with Gasteiger partial charge in [-0.25, -0.2) is 8.42 Å². The van der Waals surface area contributed by atoms with Gasteiger partial charge in [-0.15, -0.1) is 0 Å². The smallest absolute Gasteiger partial charge is 0.248 e. The average molecular weight is 567 g/mol. The monoisotopic (exact) mass is 565 g/mol. The van der Waals surface area contributed by atoms with E-state index in [0.29, 0.717) is 17.5 Å². The molecule has 0 aliphatic carbocycles. The lowest BCUT2D eigenvalue weighted by Crippen LogP contribution is -2.48. The van der Waals surface area contributed by atoms with E-state index >= 15 is 0 Å². The van der Waals surface area contributed by atoms with Crippen LogP contribution in [0, 0.1) is 0 Å². The number of hydrogen-bond donors (Lipinski definition) is 0. The molecule has 3 aliphatic heterocycles. The molecule has 0 radical (unpaired) electrons. The fourth-order valence-corrected chi connectivity index (χ4v) is 8.09. The molecule has 1 atom stereocenters. The third-order valence-electron chi connectivity index (χ3n) is 7.80. The van der Waals surface area contributed by atoms with Crippen molar-refractivity contribution in [1.82, 2.24) is 14.1 Å². The predicted octanol–water partition coefficient (Wildman–Crippen LogP) is 4.21. The molecule has 1 amide bonds. The summed E-state index contributed by atoms with van der Waals surface area (Å²) < 4.78 is 34.7. The number of nitrogens with zero attached hydrogens (tertiary/aromatic N) is 3. The summed E-state index contributed by atoms with van der Waals surface area (Å²) in [6.07, 6.45) is 5.04. The highest BCUT2D eigenvalue weighted by molar-refractivity contribution is 7.89. The molecule has 2 aromatic rings. The zero-order valence-electron chi connectivity index (χ0n) is 20.8. The molecule has 0 bridgehead atoms. The Morgan fingerprint density at radius 2 is 1.68 bits per heavy atom. The molecule has 0 N–H and O–H groups in total. The number of amides is 1. The molecule has 2 aromatic carbocycles. The number of halogens is 2. The lowest BCUT2D eigenvalue weighted by atomic mass is 9.96. The number of likely N-dealkylation sites (tertiary alicyclic amines) is 2. The van der Waals surface area contributed by atoms with Gasteiger partial charge in [0.05, 0.1) is 17.7 Å². The summed E-state index contributed by atoms with van der Waals surface area (Å²) in [5.41, 5.74) is 2.03. The molecule has 1 unspecified atom stereocenters. The van der Waals surface area contributed by atoms with E-state index in [0.717, 1.165) is 37.1 Å². The first-order valence-corrected chi connectivity index (χ1v) is 15.2. The minimum Gasteiger partial charge on any atom is -0.370 e. The molecular weight excluding hydrogens is 533 g/mol. The molecule has 0 aromatic heterocycles. The minimum atomic E-state index is -3.92. The average Bonchev–Trinajstić information content (AvgIpc) is 3.43. The van der Waals surface area contributed by atoms with Crippen LogP contribution in [0.5, 0.6) is 0 Å². The Morgan fingerprint density at radius 1 is 0.973 bits per heavy atom. The summed E-state index contributed by atoms with van der Waals surface area (Å²) in [5.74, 6) is -0.0359. The fraction of sp³-hybridized carbons (Fsp3) is 0.519. The van der Waals surface area contributed by atoms with E-state index < -0.39 is 16.1 Å². The third-order valence-corrected chi connectivity index (χ3v) is 10.4. The van der Waals surface area contributed by atoms with Gasteiger partial charge in [0, 0.05) is 30.7 Å². The van der Waals surface area contributed by atoms with Crippen LogP contribution in [0.25, 0.3) is 0 Å². The van der Waals surface area contributed by atoms with E-state index in [4.69, 9.17) is 27.9 Å². The first-order valence-electron chi connectivity index (χ1n) is 13.0. The number of fused-ring (bicyclic) bond motifs is 1. The van der Waals surface area contributed by atoms with Crippen molar-refractivity contribution >= 4 is 39.1 Å². The molecule has 10 heteroatoms. The van der Waals surface area contributed by atoms with Gasteiger partial charge in [-0.1, -0.05) is 47.5 Å². The second-order valence-corrected chi connectivity index (χ2v) is 12.8. The van der Waals surface area contributed by atoms with Gasteiger partial charge in [-0.05, 0) is 74.5 Å². The second-order valence-electron chi connectivity index (χ2n) is 10.1. The topological polar surface area (TPSA) is 70.2 Å². The highest BCUT2D eigenvalue weighted by Gasteiger charge is 2.37. The van der Waals surface area contributed by atoms with Gasteiger partial charge in [-0.3, -0.25) is 4.79 Å². The van der Waals surface area contributed by atoms with Gasteiger partial charge >= 0.3 is 0 Å². The van der Waals surface area contributed by atoms with Crippen molar-refractivity contribution in [3.63, 3.8) is 0 Å². The van der Waals surface area contributed by atoms with E-state index in [2.05, 4.69) is 4.90 Å². The number of rotatable bonds is 7. The number of piperidine rings is 1. The maximum Gasteiger partial charge on any atom is 0.248 e. The van der Waals surface area contributed by atoms with Crippen molar-refractivity contribution in [2.45, 2.75) is 55.6 Å². The molecule has 2 saturated heterocycles. The Labute approximate surface area is 229 Å². The normalized spacial score (nSPS) is 21.8. The molecular formula is C27H33Cl2N3O4S. The van der Waals surface area contributed by atoms with Crippen LogP contribution in [0.2, 0.25) is 10.0 Å². The fourth-order valence-electron chi connectivity index (χ4n) is 5.76. The highest BCUT2D eigenvalue weighted by atomic mass is 35.5. The van der Waals surface area contributed by atoms with Gasteiger partial charge in [-0.2, -0.15) is 4.31 Å². The summed E-state index contributed by atoms with van der Waals surface area (Å²) in [4.78, 5) is 17.3. The van der Waals surface area contributed by atoms with Gasteiger partial charge in [0.15, 0.2) is 0 Å². The summed E-state index contributed by atoms with van der Waals surface area (Å²) >= 11 is 12.3. The number of sulfonamides is 1. The number of benzene rings is 2. The molecule has 200 valence electrons. The first-order chi connectivity index (χ1) is 17.8. The predicted molar refractivity (Wildman–Crippen MR) is 144 cm³/mol. The Kier molecular flexibility index (Phi) is 8.43. The van der Waals surface area contributed by atoms with Crippen LogP contribution in [-0.2, 0) is 32.5 Å². The zero-order valence-corrected chi connectivity index (χ0v) is 23.1.